The van der Waals surface area contributed by atoms with E-state index < -0.39 is 18.1 Å². The zero-order valence-electron chi connectivity index (χ0n) is 11.6. The summed E-state index contributed by atoms with van der Waals surface area (Å²) in [6, 6.07) is 6.88. The Hall–Kier alpha value is -2.54. The molecule has 112 valence electrons. The molecular formula is C14H17N3O4. The highest BCUT2D eigenvalue weighted by Gasteiger charge is 2.18. The number of hydrogen-bond acceptors (Lipinski definition) is 5. The van der Waals surface area contributed by atoms with E-state index in [0.717, 1.165) is 16.5 Å². The minimum Gasteiger partial charge on any atom is -0.433 e. The van der Waals surface area contributed by atoms with Gasteiger partial charge in [-0.25, -0.2) is 4.79 Å². The van der Waals surface area contributed by atoms with E-state index in [1.54, 1.807) is 6.92 Å². The molecular weight excluding hydrogens is 274 g/mol. The molecule has 1 unspecified atom stereocenters. The van der Waals surface area contributed by atoms with Crippen molar-refractivity contribution in [3.05, 3.63) is 36.0 Å². The van der Waals surface area contributed by atoms with Gasteiger partial charge in [-0.2, -0.15) is 5.48 Å². The minimum atomic E-state index is -0.967. The lowest BCUT2D eigenvalue weighted by Gasteiger charge is -2.11. The summed E-state index contributed by atoms with van der Waals surface area (Å²) in [7, 11) is 0. The second-order valence-electron chi connectivity index (χ2n) is 4.42. The molecule has 0 saturated heterocycles. The number of nitrogens with two attached hydrogens (primary N) is 1. The van der Waals surface area contributed by atoms with E-state index >= 15 is 0 Å². The number of para-hydroxylation sites is 1. The van der Waals surface area contributed by atoms with E-state index in [-0.39, 0.29) is 6.61 Å². The first-order chi connectivity index (χ1) is 10.1. The van der Waals surface area contributed by atoms with Crippen LogP contribution in [-0.4, -0.2) is 29.7 Å². The van der Waals surface area contributed by atoms with E-state index in [4.69, 9.17) is 5.73 Å². The second-order valence-corrected chi connectivity index (χ2v) is 4.42. The fourth-order valence-electron chi connectivity index (χ4n) is 1.95. The fourth-order valence-corrected chi connectivity index (χ4v) is 1.95. The van der Waals surface area contributed by atoms with Crippen LogP contribution in [0.1, 0.15) is 12.5 Å². The Morgan fingerprint density at radius 2 is 2.14 bits per heavy atom. The Morgan fingerprint density at radius 3 is 2.90 bits per heavy atom. The summed E-state index contributed by atoms with van der Waals surface area (Å²) in [5.74, 6) is -0.590. The van der Waals surface area contributed by atoms with Gasteiger partial charge in [0.15, 0.2) is 0 Å². The van der Waals surface area contributed by atoms with Crippen LogP contribution in [0.25, 0.3) is 10.9 Å². The Balaban J connectivity index is 1.93. The Morgan fingerprint density at radius 1 is 1.38 bits per heavy atom. The van der Waals surface area contributed by atoms with Gasteiger partial charge < -0.3 is 20.3 Å². The van der Waals surface area contributed by atoms with Gasteiger partial charge in [0.1, 0.15) is 0 Å². The summed E-state index contributed by atoms with van der Waals surface area (Å²) in [4.78, 5) is 30.2. The predicted octanol–water partition coefficient (Wildman–Crippen LogP) is 1.24. The number of hydroxylamine groups is 1. The monoisotopic (exact) mass is 291 g/mol. The molecule has 1 aromatic heterocycles. The third-order valence-electron chi connectivity index (χ3n) is 2.95. The van der Waals surface area contributed by atoms with E-state index in [2.05, 4.69) is 14.6 Å². The maximum atomic E-state index is 11.7. The van der Waals surface area contributed by atoms with Crippen molar-refractivity contribution < 1.29 is 19.2 Å². The van der Waals surface area contributed by atoms with Gasteiger partial charge in [-0.1, -0.05) is 18.2 Å². The van der Waals surface area contributed by atoms with Crippen LogP contribution in [0.3, 0.4) is 0 Å². The van der Waals surface area contributed by atoms with Crippen LogP contribution in [-0.2, 0) is 20.8 Å². The van der Waals surface area contributed by atoms with Gasteiger partial charge in [-0.15, -0.1) is 0 Å². The largest absolute Gasteiger partial charge is 0.533 e. The number of fused-ring (bicyclic) bond motifs is 1. The third kappa shape index (κ3) is 3.73. The SMILES string of the molecule is CCOC(=O)ONC(=O)C(N)Cc1c[nH]c2ccccc12. The molecule has 2 rings (SSSR count). The van der Waals surface area contributed by atoms with Gasteiger partial charge in [0.05, 0.1) is 12.6 Å². The second kappa shape index (κ2) is 6.76. The number of aromatic amines is 1. The van der Waals surface area contributed by atoms with E-state index in [0.29, 0.717) is 6.42 Å². The molecule has 1 aromatic carbocycles. The molecule has 0 aliphatic carbocycles. The van der Waals surface area contributed by atoms with Crippen LogP contribution in [0.4, 0.5) is 4.79 Å². The molecule has 1 atom stereocenters. The predicted molar refractivity (Wildman–Crippen MR) is 76.2 cm³/mol. The van der Waals surface area contributed by atoms with Crippen molar-refractivity contribution in [1.82, 2.24) is 10.5 Å². The molecule has 0 saturated carbocycles. The zero-order chi connectivity index (χ0) is 15.2. The van der Waals surface area contributed by atoms with Crippen molar-refractivity contribution in [2.24, 2.45) is 5.73 Å². The average Bonchev–Trinajstić information content (AvgIpc) is 2.88. The number of carbonyl (C=O) groups is 2. The number of hydrogen-bond donors (Lipinski definition) is 3. The summed E-state index contributed by atoms with van der Waals surface area (Å²) >= 11 is 0. The zero-order valence-corrected chi connectivity index (χ0v) is 11.6. The Labute approximate surface area is 121 Å². The van der Waals surface area contributed by atoms with Gasteiger partial charge in [-0.05, 0) is 25.0 Å². The van der Waals surface area contributed by atoms with Crippen LogP contribution in [0.15, 0.2) is 30.5 Å². The quantitative estimate of drug-likeness (QED) is 0.580. The number of amides is 1. The smallest absolute Gasteiger partial charge is 0.433 e. The number of H-pyrrole nitrogens is 1. The lowest BCUT2D eigenvalue weighted by atomic mass is 10.1. The topological polar surface area (TPSA) is 106 Å². The molecule has 0 aliphatic heterocycles. The first kappa shape index (κ1) is 14.9. The number of rotatable bonds is 4. The van der Waals surface area contributed by atoms with Gasteiger partial charge in [0.25, 0.3) is 5.91 Å². The molecule has 0 fully saturated rings. The molecule has 0 aliphatic rings. The first-order valence-electron chi connectivity index (χ1n) is 6.55. The highest BCUT2D eigenvalue weighted by Crippen LogP contribution is 2.18. The molecule has 21 heavy (non-hydrogen) atoms. The maximum absolute atomic E-state index is 11.7. The van der Waals surface area contributed by atoms with Crippen molar-refractivity contribution in [3.8, 4) is 0 Å². The summed E-state index contributed by atoms with van der Waals surface area (Å²) in [6.07, 6.45) is 1.16. The minimum absolute atomic E-state index is 0.163. The van der Waals surface area contributed by atoms with Crippen molar-refractivity contribution in [2.75, 3.05) is 6.61 Å². The van der Waals surface area contributed by atoms with Crippen LogP contribution in [0, 0.1) is 0 Å². The van der Waals surface area contributed by atoms with Crippen LogP contribution < -0.4 is 11.2 Å². The summed E-state index contributed by atoms with van der Waals surface area (Å²) < 4.78 is 4.51. The van der Waals surface area contributed by atoms with Crippen molar-refractivity contribution in [2.45, 2.75) is 19.4 Å². The number of benzene rings is 1. The Kier molecular flexibility index (Phi) is 4.78. The average molecular weight is 291 g/mol. The normalized spacial score (nSPS) is 11.9. The highest BCUT2D eigenvalue weighted by molar-refractivity contribution is 5.86. The van der Waals surface area contributed by atoms with Crippen molar-refractivity contribution in [3.63, 3.8) is 0 Å². The van der Waals surface area contributed by atoms with Crippen LogP contribution in [0.5, 0.6) is 0 Å². The number of aromatic nitrogens is 1. The molecule has 1 heterocycles. The summed E-state index contributed by atoms with van der Waals surface area (Å²) in [5.41, 5.74) is 9.68. The lowest BCUT2D eigenvalue weighted by molar-refractivity contribution is -0.132. The van der Waals surface area contributed by atoms with Gasteiger partial charge in [0, 0.05) is 17.1 Å². The summed E-state index contributed by atoms with van der Waals surface area (Å²) in [5, 5.41) is 1.01. The first-order valence-corrected chi connectivity index (χ1v) is 6.55. The molecule has 1 amide bonds. The van der Waals surface area contributed by atoms with Gasteiger partial charge >= 0.3 is 6.16 Å². The molecule has 2 aromatic rings. The molecule has 0 spiro atoms. The van der Waals surface area contributed by atoms with Gasteiger partial charge in [0.2, 0.25) is 0 Å². The maximum Gasteiger partial charge on any atom is 0.533 e. The summed E-state index contributed by atoms with van der Waals surface area (Å²) in [6.45, 7) is 1.79. The molecule has 0 bridgehead atoms. The van der Waals surface area contributed by atoms with E-state index in [1.807, 2.05) is 35.9 Å². The van der Waals surface area contributed by atoms with E-state index in [9.17, 15) is 9.59 Å². The molecule has 0 radical (unpaired) electrons. The van der Waals surface area contributed by atoms with Crippen LogP contribution >= 0.6 is 0 Å². The third-order valence-corrected chi connectivity index (χ3v) is 2.95. The standard InChI is InChI=1S/C14H17N3O4/c1-2-20-14(19)21-17-13(18)11(15)7-9-8-16-12-6-4-3-5-10(9)12/h3-6,8,11,16H,2,7,15H2,1H3,(H,17,18). The number of ether oxygens (including phenoxy) is 1. The molecule has 4 N–H and O–H groups in total. The highest BCUT2D eigenvalue weighted by atomic mass is 16.8. The van der Waals surface area contributed by atoms with Crippen LogP contribution in [0.2, 0.25) is 0 Å². The van der Waals surface area contributed by atoms with Gasteiger partial charge in [-0.3, -0.25) is 4.79 Å². The number of carbonyl (C=O) groups excluding carboxylic acids is 2. The Bertz CT molecular complexity index is 638. The van der Waals surface area contributed by atoms with Crippen molar-refractivity contribution >= 4 is 23.0 Å². The number of nitrogens with one attached hydrogen (secondary N) is 2. The lowest BCUT2D eigenvalue weighted by Crippen LogP contribution is -2.42. The van der Waals surface area contributed by atoms with Crippen molar-refractivity contribution in [1.29, 1.82) is 0 Å². The van der Waals surface area contributed by atoms with E-state index in [1.165, 1.54) is 0 Å². The molecule has 7 nitrogen and oxygen atoms in total. The fraction of sp³-hybridized carbons (Fsp3) is 0.286. The molecule has 7 heteroatoms.